The fourth-order valence-corrected chi connectivity index (χ4v) is 2.82. The second-order valence-electron chi connectivity index (χ2n) is 6.96. The fraction of sp³-hybridized carbons (Fsp3) is 0.867. The minimum Gasteiger partial charge on any atom is -0.375 e. The zero-order chi connectivity index (χ0) is 13.7. The van der Waals surface area contributed by atoms with Gasteiger partial charge in [0.2, 0.25) is 0 Å². The summed E-state index contributed by atoms with van der Waals surface area (Å²) in [5, 5.41) is 0. The molecule has 0 bridgehead atoms. The zero-order valence-corrected chi connectivity index (χ0v) is 12.4. The molecule has 0 N–H and O–H groups in total. The van der Waals surface area contributed by atoms with Crippen molar-refractivity contribution in [1.29, 1.82) is 0 Å². The van der Waals surface area contributed by atoms with Crippen molar-refractivity contribution in [3.8, 4) is 0 Å². The van der Waals surface area contributed by atoms with Gasteiger partial charge in [0.05, 0.1) is 24.4 Å². The highest BCUT2D eigenvalue weighted by molar-refractivity contribution is 5.20. The minimum atomic E-state index is -0.482. The average Bonchev–Trinajstić information content (AvgIpc) is 2.60. The Labute approximate surface area is 110 Å². The van der Waals surface area contributed by atoms with E-state index in [4.69, 9.17) is 14.2 Å². The van der Waals surface area contributed by atoms with E-state index in [0.29, 0.717) is 12.5 Å². The summed E-state index contributed by atoms with van der Waals surface area (Å²) in [5.41, 5.74) is 1.07. The van der Waals surface area contributed by atoms with Crippen molar-refractivity contribution >= 4 is 0 Å². The van der Waals surface area contributed by atoms with Crippen LogP contribution in [0.5, 0.6) is 0 Å². The van der Waals surface area contributed by atoms with Crippen molar-refractivity contribution < 1.29 is 14.2 Å². The van der Waals surface area contributed by atoms with E-state index < -0.39 is 5.79 Å². The molecule has 1 saturated carbocycles. The molecule has 1 heterocycles. The van der Waals surface area contributed by atoms with Gasteiger partial charge in [0.15, 0.2) is 5.79 Å². The highest BCUT2D eigenvalue weighted by Crippen LogP contribution is 2.47. The van der Waals surface area contributed by atoms with E-state index in [9.17, 15) is 0 Å². The Morgan fingerprint density at radius 2 is 1.78 bits per heavy atom. The predicted octanol–water partition coefficient (Wildman–Crippen LogP) is 3.14. The van der Waals surface area contributed by atoms with Crippen LogP contribution in [-0.2, 0) is 14.2 Å². The number of ether oxygens (including phenoxy) is 3. The Bertz CT molecular complexity index is 340. The summed E-state index contributed by atoms with van der Waals surface area (Å²) < 4.78 is 17.9. The quantitative estimate of drug-likeness (QED) is 0.709. The predicted molar refractivity (Wildman–Crippen MR) is 71.3 cm³/mol. The van der Waals surface area contributed by atoms with E-state index in [1.807, 2.05) is 13.8 Å². The summed E-state index contributed by atoms with van der Waals surface area (Å²) in [7, 11) is 0. The summed E-state index contributed by atoms with van der Waals surface area (Å²) in [4.78, 5) is 0. The molecular formula is C15H26O3. The summed E-state index contributed by atoms with van der Waals surface area (Å²) in [5.74, 6) is 0.0981. The average molecular weight is 254 g/mol. The van der Waals surface area contributed by atoms with Crippen molar-refractivity contribution in [2.45, 2.75) is 65.1 Å². The summed E-state index contributed by atoms with van der Waals surface area (Å²) >= 11 is 0. The first kappa shape index (κ1) is 14.0. The smallest absolute Gasteiger partial charge is 0.163 e. The lowest BCUT2D eigenvalue weighted by molar-refractivity contribution is -0.159. The van der Waals surface area contributed by atoms with Crippen LogP contribution in [-0.4, -0.2) is 30.2 Å². The van der Waals surface area contributed by atoms with Crippen LogP contribution < -0.4 is 0 Å². The molecule has 1 unspecified atom stereocenters. The van der Waals surface area contributed by atoms with Gasteiger partial charge in [-0.2, -0.15) is 0 Å². The summed E-state index contributed by atoms with van der Waals surface area (Å²) in [6.07, 6.45) is 0.214. The zero-order valence-electron chi connectivity index (χ0n) is 12.4. The van der Waals surface area contributed by atoms with E-state index in [2.05, 4.69) is 34.3 Å². The molecule has 2 aliphatic rings. The molecule has 1 aliphatic heterocycles. The first-order valence-corrected chi connectivity index (χ1v) is 6.79. The third kappa shape index (κ3) is 2.63. The Kier molecular flexibility index (Phi) is 3.37. The standard InChI is InChI=1S/C15H26O3/c1-9-10(2)12-13(18-15(6,7)17-12)11(9)8-16-14(3,4)5/h10-13H,1,8H2,2-7H3/t10?,11-,12-,13+/m0/s1. The molecule has 0 aromatic rings. The van der Waals surface area contributed by atoms with Crippen LogP contribution in [0.25, 0.3) is 0 Å². The van der Waals surface area contributed by atoms with Gasteiger partial charge in [-0.3, -0.25) is 0 Å². The molecule has 104 valence electrons. The van der Waals surface area contributed by atoms with Crippen LogP contribution in [0.2, 0.25) is 0 Å². The Morgan fingerprint density at radius 3 is 2.33 bits per heavy atom. The molecular weight excluding hydrogens is 228 g/mol. The second kappa shape index (κ2) is 4.32. The Hall–Kier alpha value is -0.380. The van der Waals surface area contributed by atoms with Crippen molar-refractivity contribution in [2.24, 2.45) is 11.8 Å². The van der Waals surface area contributed by atoms with Crippen molar-refractivity contribution in [3.05, 3.63) is 12.2 Å². The number of hydrogen-bond donors (Lipinski definition) is 0. The maximum absolute atomic E-state index is 6.03. The van der Waals surface area contributed by atoms with E-state index in [0.717, 1.165) is 0 Å². The Balaban J connectivity index is 2.08. The van der Waals surface area contributed by atoms with E-state index in [-0.39, 0.29) is 23.7 Å². The molecule has 0 radical (unpaired) electrons. The third-order valence-corrected chi connectivity index (χ3v) is 3.81. The van der Waals surface area contributed by atoms with Crippen LogP contribution in [0.15, 0.2) is 12.2 Å². The lowest BCUT2D eigenvalue weighted by Crippen LogP contribution is -2.31. The molecule has 0 amide bonds. The van der Waals surface area contributed by atoms with Gasteiger partial charge in [0.1, 0.15) is 0 Å². The van der Waals surface area contributed by atoms with E-state index in [1.165, 1.54) is 5.57 Å². The molecule has 0 aromatic heterocycles. The van der Waals surface area contributed by atoms with Gasteiger partial charge in [0.25, 0.3) is 0 Å². The molecule has 1 aliphatic carbocycles. The van der Waals surface area contributed by atoms with Gasteiger partial charge in [-0.1, -0.05) is 19.1 Å². The Morgan fingerprint density at radius 1 is 1.22 bits per heavy atom. The first-order chi connectivity index (χ1) is 8.11. The molecule has 18 heavy (non-hydrogen) atoms. The maximum atomic E-state index is 6.03. The monoisotopic (exact) mass is 254 g/mol. The van der Waals surface area contributed by atoms with Crippen molar-refractivity contribution in [3.63, 3.8) is 0 Å². The van der Waals surface area contributed by atoms with Gasteiger partial charge >= 0.3 is 0 Å². The van der Waals surface area contributed by atoms with Crippen LogP contribution in [0, 0.1) is 11.8 Å². The van der Waals surface area contributed by atoms with Gasteiger partial charge in [0, 0.05) is 11.8 Å². The molecule has 3 heteroatoms. The number of fused-ring (bicyclic) bond motifs is 1. The maximum Gasteiger partial charge on any atom is 0.163 e. The summed E-state index contributed by atoms with van der Waals surface area (Å²) in [6, 6.07) is 0. The van der Waals surface area contributed by atoms with Crippen LogP contribution in [0.1, 0.15) is 41.5 Å². The largest absolute Gasteiger partial charge is 0.375 e. The van der Waals surface area contributed by atoms with Crippen molar-refractivity contribution in [2.75, 3.05) is 6.61 Å². The van der Waals surface area contributed by atoms with E-state index in [1.54, 1.807) is 0 Å². The third-order valence-electron chi connectivity index (χ3n) is 3.81. The first-order valence-electron chi connectivity index (χ1n) is 6.79. The van der Waals surface area contributed by atoms with Gasteiger partial charge in [-0.15, -0.1) is 0 Å². The van der Waals surface area contributed by atoms with Gasteiger partial charge < -0.3 is 14.2 Å². The molecule has 3 nitrogen and oxygen atoms in total. The van der Waals surface area contributed by atoms with Crippen LogP contribution >= 0.6 is 0 Å². The topological polar surface area (TPSA) is 27.7 Å². The normalized spacial score (nSPS) is 39.1. The summed E-state index contributed by atoms with van der Waals surface area (Å²) in [6.45, 7) is 17.2. The van der Waals surface area contributed by atoms with E-state index >= 15 is 0 Å². The highest BCUT2D eigenvalue weighted by atomic mass is 16.8. The van der Waals surface area contributed by atoms with Crippen LogP contribution in [0.3, 0.4) is 0 Å². The molecule has 0 spiro atoms. The van der Waals surface area contributed by atoms with Gasteiger partial charge in [-0.05, 0) is 34.6 Å². The lowest BCUT2D eigenvalue weighted by Gasteiger charge is -2.27. The van der Waals surface area contributed by atoms with Crippen LogP contribution in [0.4, 0.5) is 0 Å². The SMILES string of the molecule is C=C1C(C)[C@@H]2OC(C)(C)O[C@@H]2[C@H]1COC(C)(C)C. The number of hydrogen-bond acceptors (Lipinski definition) is 3. The fourth-order valence-electron chi connectivity index (χ4n) is 2.82. The number of rotatable bonds is 2. The molecule has 4 atom stereocenters. The second-order valence-corrected chi connectivity index (χ2v) is 6.96. The highest BCUT2D eigenvalue weighted by Gasteiger charge is 2.54. The molecule has 2 fully saturated rings. The van der Waals surface area contributed by atoms with Gasteiger partial charge in [-0.25, -0.2) is 0 Å². The molecule has 0 aromatic carbocycles. The lowest BCUT2D eigenvalue weighted by atomic mass is 9.99. The molecule has 1 saturated heterocycles. The minimum absolute atomic E-state index is 0.0878. The molecule has 2 rings (SSSR count). The van der Waals surface area contributed by atoms with Crippen molar-refractivity contribution in [1.82, 2.24) is 0 Å².